The maximum absolute atomic E-state index is 13.0. The van der Waals surface area contributed by atoms with Gasteiger partial charge < -0.3 is 9.72 Å². The number of pyridine rings is 1. The van der Waals surface area contributed by atoms with Crippen LogP contribution in [0.5, 0.6) is 5.75 Å². The molecule has 0 amide bonds. The Hall–Kier alpha value is -2.55. The van der Waals surface area contributed by atoms with Crippen molar-refractivity contribution in [3.05, 3.63) is 76.1 Å². The molecule has 0 radical (unpaired) electrons. The van der Waals surface area contributed by atoms with Crippen LogP contribution in [0.15, 0.2) is 59.4 Å². The first-order valence-corrected chi connectivity index (χ1v) is 9.38. The fourth-order valence-corrected chi connectivity index (χ4v) is 5.54. The van der Waals surface area contributed by atoms with E-state index in [0.29, 0.717) is 17.8 Å². The molecule has 1 aliphatic carbocycles. The highest BCUT2D eigenvalue weighted by atomic mass is 16.5. The van der Waals surface area contributed by atoms with Gasteiger partial charge in [-0.2, -0.15) is 0 Å². The van der Waals surface area contributed by atoms with Crippen LogP contribution in [-0.2, 0) is 0 Å². The molecule has 0 bridgehead atoms. The average molecular weight is 345 g/mol. The molecule has 132 valence electrons. The van der Waals surface area contributed by atoms with Crippen molar-refractivity contribution in [1.82, 2.24) is 4.98 Å². The number of ether oxygens (including phenoxy) is 1. The van der Waals surface area contributed by atoms with E-state index in [1.54, 1.807) is 0 Å². The number of fused-ring (bicyclic) bond motifs is 5. The van der Waals surface area contributed by atoms with Crippen LogP contribution in [0.25, 0.3) is 10.9 Å². The second-order valence-corrected chi connectivity index (χ2v) is 8.30. The molecule has 3 nitrogen and oxygen atoms in total. The molecule has 1 fully saturated rings. The maximum Gasteiger partial charge on any atom is 0.255 e. The van der Waals surface area contributed by atoms with Crippen LogP contribution in [0.3, 0.4) is 0 Å². The smallest absolute Gasteiger partial charge is 0.255 e. The summed E-state index contributed by atoms with van der Waals surface area (Å²) < 4.78 is 6.48. The summed E-state index contributed by atoms with van der Waals surface area (Å²) in [5.41, 5.74) is 2.70. The summed E-state index contributed by atoms with van der Waals surface area (Å²) in [4.78, 5) is 16.1. The van der Waals surface area contributed by atoms with Gasteiger partial charge in [-0.1, -0.05) is 49.4 Å². The van der Waals surface area contributed by atoms with Crippen molar-refractivity contribution in [3.8, 4) is 5.75 Å². The third-order valence-electron chi connectivity index (χ3n) is 6.50. The first-order valence-electron chi connectivity index (χ1n) is 9.38. The molecular weight excluding hydrogens is 322 g/mol. The molecule has 1 aromatic heterocycles. The molecule has 5 rings (SSSR count). The predicted molar refractivity (Wildman–Crippen MR) is 104 cm³/mol. The maximum atomic E-state index is 13.0. The van der Waals surface area contributed by atoms with Crippen LogP contribution < -0.4 is 10.3 Å². The number of aromatic amines is 1. The molecule has 4 atom stereocenters. The first-order chi connectivity index (χ1) is 12.5. The third kappa shape index (κ3) is 1.97. The topological polar surface area (TPSA) is 42.1 Å². The molecule has 1 saturated carbocycles. The van der Waals surface area contributed by atoms with Crippen molar-refractivity contribution in [2.24, 2.45) is 11.8 Å². The molecule has 0 saturated heterocycles. The molecule has 2 aromatic carbocycles. The summed E-state index contributed by atoms with van der Waals surface area (Å²) in [6.07, 6.45) is 0. The van der Waals surface area contributed by atoms with Gasteiger partial charge in [0.2, 0.25) is 0 Å². The van der Waals surface area contributed by atoms with Crippen LogP contribution in [0.1, 0.15) is 43.7 Å². The SMILES string of the molecule is C[C@@H]1[C@@H](c2ccccc2)[C@H]2c3c(c4ccccc4[nH]c3=O)OC(C)(C)[C@@H]12. The van der Waals surface area contributed by atoms with Gasteiger partial charge in [0.05, 0.1) is 11.1 Å². The second-order valence-electron chi connectivity index (χ2n) is 8.30. The largest absolute Gasteiger partial charge is 0.486 e. The van der Waals surface area contributed by atoms with Crippen LogP contribution >= 0.6 is 0 Å². The van der Waals surface area contributed by atoms with Crippen LogP contribution in [-0.4, -0.2) is 10.6 Å². The van der Waals surface area contributed by atoms with Gasteiger partial charge in [0.25, 0.3) is 5.56 Å². The van der Waals surface area contributed by atoms with Crippen molar-refractivity contribution in [1.29, 1.82) is 0 Å². The first kappa shape index (κ1) is 15.7. The van der Waals surface area contributed by atoms with Gasteiger partial charge in [-0.3, -0.25) is 4.79 Å². The van der Waals surface area contributed by atoms with E-state index in [0.717, 1.165) is 22.2 Å². The molecule has 1 N–H and O–H groups in total. The number of H-pyrrole nitrogens is 1. The number of hydrogen-bond donors (Lipinski definition) is 1. The third-order valence-corrected chi connectivity index (χ3v) is 6.50. The molecule has 2 heterocycles. The Kier molecular flexibility index (Phi) is 3.15. The van der Waals surface area contributed by atoms with Crippen LogP contribution in [0.4, 0.5) is 0 Å². The normalized spacial score (nSPS) is 28.6. The standard InChI is InChI=1S/C23H23NO2/c1-13-17(14-9-5-4-6-10-14)18-19-21(26-23(2,3)20(13)18)15-11-7-8-12-16(15)24-22(19)25/h4-13,17-18,20H,1-3H3,(H,24,25)/t13-,17+,18+,20+/m1/s1. The molecule has 0 spiro atoms. The molecule has 3 heteroatoms. The number of benzene rings is 2. The number of aromatic nitrogens is 1. The molecule has 3 aromatic rings. The lowest BCUT2D eigenvalue weighted by Crippen LogP contribution is -2.58. The van der Waals surface area contributed by atoms with E-state index in [4.69, 9.17) is 4.74 Å². The average Bonchev–Trinajstić information content (AvgIpc) is 2.60. The van der Waals surface area contributed by atoms with Gasteiger partial charge in [-0.25, -0.2) is 0 Å². The van der Waals surface area contributed by atoms with E-state index in [2.05, 4.69) is 50.0 Å². The Morgan fingerprint density at radius 1 is 0.962 bits per heavy atom. The van der Waals surface area contributed by atoms with Gasteiger partial charge in [-0.15, -0.1) is 0 Å². The molecule has 2 aliphatic rings. The fourth-order valence-electron chi connectivity index (χ4n) is 5.54. The fraction of sp³-hybridized carbons (Fsp3) is 0.348. The lowest BCUT2D eigenvalue weighted by atomic mass is 9.48. The van der Waals surface area contributed by atoms with Crippen LogP contribution in [0, 0.1) is 11.8 Å². The zero-order valence-electron chi connectivity index (χ0n) is 15.3. The van der Waals surface area contributed by atoms with Gasteiger partial charge in [0, 0.05) is 17.2 Å². The van der Waals surface area contributed by atoms with E-state index in [9.17, 15) is 4.79 Å². The van der Waals surface area contributed by atoms with Crippen molar-refractivity contribution in [3.63, 3.8) is 0 Å². The lowest BCUT2D eigenvalue weighted by Gasteiger charge is -2.59. The number of hydrogen-bond acceptors (Lipinski definition) is 2. The minimum atomic E-state index is -0.293. The summed E-state index contributed by atoms with van der Waals surface area (Å²) in [7, 11) is 0. The van der Waals surface area contributed by atoms with Crippen LogP contribution in [0.2, 0.25) is 0 Å². The Labute approximate surface area is 153 Å². The molecule has 1 aliphatic heterocycles. The van der Waals surface area contributed by atoms with E-state index in [1.165, 1.54) is 5.56 Å². The van der Waals surface area contributed by atoms with Crippen molar-refractivity contribution in [2.45, 2.75) is 38.2 Å². The zero-order valence-corrected chi connectivity index (χ0v) is 15.3. The van der Waals surface area contributed by atoms with Crippen molar-refractivity contribution in [2.75, 3.05) is 0 Å². The Morgan fingerprint density at radius 2 is 1.65 bits per heavy atom. The quantitative estimate of drug-likeness (QED) is 0.686. The van der Waals surface area contributed by atoms with E-state index in [1.807, 2.05) is 30.3 Å². The monoisotopic (exact) mass is 345 g/mol. The number of rotatable bonds is 1. The van der Waals surface area contributed by atoms with Gasteiger partial charge in [0.1, 0.15) is 11.4 Å². The highest BCUT2D eigenvalue weighted by molar-refractivity contribution is 5.86. The molecular formula is C23H23NO2. The summed E-state index contributed by atoms with van der Waals surface area (Å²) in [5, 5.41) is 1.000. The Morgan fingerprint density at radius 3 is 2.42 bits per heavy atom. The lowest BCUT2D eigenvalue weighted by molar-refractivity contribution is -0.0825. The molecule has 0 unspecified atom stereocenters. The van der Waals surface area contributed by atoms with Gasteiger partial charge >= 0.3 is 0 Å². The van der Waals surface area contributed by atoms with E-state index in [-0.39, 0.29) is 17.1 Å². The van der Waals surface area contributed by atoms with Gasteiger partial charge in [0.15, 0.2) is 0 Å². The number of para-hydroxylation sites is 1. The predicted octanol–water partition coefficient (Wildman–Crippen LogP) is 4.83. The zero-order chi connectivity index (χ0) is 18.1. The Balaban J connectivity index is 1.77. The van der Waals surface area contributed by atoms with E-state index < -0.39 is 0 Å². The minimum absolute atomic E-state index is 0.00275. The minimum Gasteiger partial charge on any atom is -0.486 e. The summed E-state index contributed by atoms with van der Waals surface area (Å²) >= 11 is 0. The highest BCUT2D eigenvalue weighted by Gasteiger charge is 2.60. The number of nitrogens with one attached hydrogen (secondary N) is 1. The van der Waals surface area contributed by atoms with E-state index >= 15 is 0 Å². The summed E-state index contributed by atoms with van der Waals surface area (Å²) in [5.74, 6) is 2.13. The van der Waals surface area contributed by atoms with Gasteiger partial charge in [-0.05, 0) is 43.4 Å². The van der Waals surface area contributed by atoms with Crippen molar-refractivity contribution >= 4 is 10.9 Å². The Bertz CT molecular complexity index is 1050. The highest BCUT2D eigenvalue weighted by Crippen LogP contribution is 2.65. The van der Waals surface area contributed by atoms with Crippen molar-refractivity contribution < 1.29 is 4.74 Å². The summed E-state index contributed by atoms with van der Waals surface area (Å²) in [6.45, 7) is 6.63. The summed E-state index contributed by atoms with van der Waals surface area (Å²) in [6, 6.07) is 18.5. The molecule has 26 heavy (non-hydrogen) atoms. The second kappa shape index (κ2) is 5.23.